The van der Waals surface area contributed by atoms with Gasteiger partial charge in [-0.1, -0.05) is 26.0 Å². The lowest BCUT2D eigenvalue weighted by molar-refractivity contribution is -0.221. The highest BCUT2D eigenvalue weighted by Gasteiger charge is 2.49. The molecule has 29 heavy (non-hydrogen) atoms. The molecule has 5 nitrogen and oxygen atoms in total. The van der Waals surface area contributed by atoms with E-state index in [1.807, 2.05) is 0 Å². The van der Waals surface area contributed by atoms with Gasteiger partial charge in [-0.05, 0) is 38.2 Å². The molecule has 0 bridgehead atoms. The van der Waals surface area contributed by atoms with Crippen LogP contribution in [0.2, 0.25) is 0 Å². The first-order valence-corrected chi connectivity index (χ1v) is 8.57. The minimum atomic E-state index is -5.25. The average Bonchev–Trinajstić information content (AvgIpc) is 2.57. The number of carbonyl (C=O) groups excluding carboxylic acids is 2. The van der Waals surface area contributed by atoms with Gasteiger partial charge in [-0.3, -0.25) is 4.79 Å². The summed E-state index contributed by atoms with van der Waals surface area (Å²) in [5, 5.41) is 1.64. The van der Waals surface area contributed by atoms with Crippen LogP contribution in [0.1, 0.15) is 25.8 Å². The molecule has 0 heterocycles. The highest BCUT2D eigenvalue weighted by Crippen LogP contribution is 2.40. The number of benzene rings is 1. The normalized spacial score (nSPS) is 15.6. The molecule has 0 aliphatic heterocycles. The first-order valence-electron chi connectivity index (χ1n) is 8.57. The van der Waals surface area contributed by atoms with Crippen LogP contribution in [0.25, 0.3) is 0 Å². The lowest BCUT2D eigenvalue weighted by atomic mass is 9.79. The molecule has 0 fully saturated rings. The summed E-state index contributed by atoms with van der Waals surface area (Å²) in [6.45, 7) is 3.28. The number of carbonyl (C=O) groups is 2. The summed E-state index contributed by atoms with van der Waals surface area (Å²) in [4.78, 5) is 24.5. The number of esters is 1. The Kier molecular flexibility index (Phi) is 7.69. The Morgan fingerprint density at radius 2 is 1.69 bits per heavy atom. The zero-order valence-corrected chi connectivity index (χ0v) is 16.2. The summed E-state index contributed by atoms with van der Waals surface area (Å²) >= 11 is 0. The number of ether oxygens (including phenoxy) is 1. The summed E-state index contributed by atoms with van der Waals surface area (Å²) < 4.78 is 81.0. The van der Waals surface area contributed by atoms with Gasteiger partial charge < -0.3 is 15.0 Å². The number of halogens is 6. The average molecular weight is 428 g/mol. The van der Waals surface area contributed by atoms with E-state index in [9.17, 15) is 35.9 Å². The molecule has 1 aromatic rings. The van der Waals surface area contributed by atoms with Crippen molar-refractivity contribution < 1.29 is 40.7 Å². The van der Waals surface area contributed by atoms with E-state index in [4.69, 9.17) is 4.74 Å². The number of amides is 1. The van der Waals surface area contributed by atoms with E-state index in [0.29, 0.717) is 0 Å². The third-order valence-corrected chi connectivity index (χ3v) is 4.33. The molecule has 0 saturated heterocycles. The van der Waals surface area contributed by atoms with E-state index in [2.05, 4.69) is 0 Å². The molecule has 0 aliphatic carbocycles. The lowest BCUT2D eigenvalue weighted by Crippen LogP contribution is -2.45. The number of anilines is 1. The first-order chi connectivity index (χ1) is 13.1. The van der Waals surface area contributed by atoms with Crippen molar-refractivity contribution in [3.05, 3.63) is 29.8 Å². The van der Waals surface area contributed by atoms with Crippen LogP contribution in [0.5, 0.6) is 0 Å². The quantitative estimate of drug-likeness (QED) is 0.525. The van der Waals surface area contributed by atoms with Gasteiger partial charge in [0.15, 0.2) is 0 Å². The Morgan fingerprint density at radius 3 is 2.14 bits per heavy atom. The van der Waals surface area contributed by atoms with E-state index in [0.717, 1.165) is 12.1 Å². The summed E-state index contributed by atoms with van der Waals surface area (Å²) in [6.07, 6.45) is -10.5. The molecule has 1 N–H and O–H groups in total. The molecule has 1 amide bonds. The fourth-order valence-corrected chi connectivity index (χ4v) is 3.05. The molecule has 0 unspecified atom stereocenters. The number of hydrogen-bond acceptors (Lipinski definition) is 4. The third kappa shape index (κ3) is 6.34. The maximum absolute atomic E-state index is 12.9. The van der Waals surface area contributed by atoms with Gasteiger partial charge in [-0.25, -0.2) is 4.79 Å². The third-order valence-electron chi connectivity index (χ3n) is 4.33. The van der Waals surface area contributed by atoms with E-state index >= 15 is 0 Å². The maximum Gasteiger partial charge on any atom is 0.490 e. The molecule has 1 rings (SSSR count). The van der Waals surface area contributed by atoms with Gasteiger partial charge in [0.2, 0.25) is 0 Å². The van der Waals surface area contributed by atoms with Crippen molar-refractivity contribution in [3.8, 4) is 0 Å². The van der Waals surface area contributed by atoms with Gasteiger partial charge in [-0.2, -0.15) is 26.3 Å². The number of nitrogens with zero attached hydrogens (tertiary/aromatic N) is 1. The maximum atomic E-state index is 12.9. The standard InChI is InChI=1S/C18H22F6N2O3/c1-5-16(11(2)10-26(3)4,29-15(28)18(22,23)24)12-7-6-8-13(9-12)25-14(27)17(19,20)21/h6-9,11H,5,10H2,1-4H3,(H,25,27)/t11-,16-/m1/s1. The van der Waals surface area contributed by atoms with Crippen LogP contribution < -0.4 is 5.32 Å². The Morgan fingerprint density at radius 1 is 1.10 bits per heavy atom. The molecule has 11 heteroatoms. The molecule has 0 saturated carbocycles. The van der Waals surface area contributed by atoms with Gasteiger partial charge in [0.1, 0.15) is 5.60 Å². The molecular formula is C18H22F6N2O3. The largest absolute Gasteiger partial charge is 0.490 e. The van der Waals surface area contributed by atoms with Crippen molar-refractivity contribution in [1.29, 1.82) is 0 Å². The Hall–Kier alpha value is -2.30. The number of hydrogen-bond donors (Lipinski definition) is 1. The lowest BCUT2D eigenvalue weighted by Gasteiger charge is -2.40. The highest BCUT2D eigenvalue weighted by molar-refractivity contribution is 5.95. The summed E-state index contributed by atoms with van der Waals surface area (Å²) in [5.41, 5.74) is -2.04. The van der Waals surface area contributed by atoms with Crippen molar-refractivity contribution in [2.24, 2.45) is 5.92 Å². The number of nitrogens with one attached hydrogen (secondary N) is 1. The zero-order chi connectivity index (χ0) is 22.6. The Balaban J connectivity index is 3.43. The first kappa shape index (κ1) is 24.7. The smallest absolute Gasteiger partial charge is 0.447 e. The summed E-state index contributed by atoms with van der Waals surface area (Å²) in [5.74, 6) is -5.30. The molecule has 0 aliphatic rings. The Bertz CT molecular complexity index is 733. The number of rotatable bonds is 7. The molecule has 0 radical (unpaired) electrons. The second-order valence-corrected chi connectivity index (χ2v) is 6.83. The van der Waals surface area contributed by atoms with Gasteiger partial charge in [0.25, 0.3) is 0 Å². The van der Waals surface area contributed by atoms with Crippen molar-refractivity contribution in [1.82, 2.24) is 4.90 Å². The van der Waals surface area contributed by atoms with E-state index < -0.39 is 35.7 Å². The van der Waals surface area contributed by atoms with Crippen LogP contribution >= 0.6 is 0 Å². The topological polar surface area (TPSA) is 58.6 Å². The van der Waals surface area contributed by atoms with Crippen molar-refractivity contribution in [2.75, 3.05) is 26.0 Å². The van der Waals surface area contributed by atoms with Crippen LogP contribution in [0.4, 0.5) is 32.0 Å². The molecule has 0 aromatic heterocycles. The van der Waals surface area contributed by atoms with Crippen LogP contribution in [-0.4, -0.2) is 49.8 Å². The van der Waals surface area contributed by atoms with E-state index in [1.54, 1.807) is 31.2 Å². The van der Waals surface area contributed by atoms with Gasteiger partial charge in [-0.15, -0.1) is 0 Å². The summed E-state index contributed by atoms with van der Waals surface area (Å²) in [7, 11) is 3.34. The minimum absolute atomic E-state index is 0.0342. The predicted octanol–water partition coefficient (Wildman–Crippen LogP) is 4.10. The summed E-state index contributed by atoms with van der Waals surface area (Å²) in [6, 6.07) is 4.82. The van der Waals surface area contributed by atoms with Gasteiger partial charge in [0.05, 0.1) is 0 Å². The van der Waals surface area contributed by atoms with Gasteiger partial charge >= 0.3 is 24.2 Å². The van der Waals surface area contributed by atoms with Crippen molar-refractivity contribution >= 4 is 17.6 Å². The van der Waals surface area contributed by atoms with Gasteiger partial charge in [0, 0.05) is 18.2 Å². The molecule has 164 valence electrons. The van der Waals surface area contributed by atoms with Crippen molar-refractivity contribution in [2.45, 2.75) is 38.2 Å². The van der Waals surface area contributed by atoms with Crippen LogP contribution in [0.15, 0.2) is 24.3 Å². The number of alkyl halides is 6. The molecular weight excluding hydrogens is 406 g/mol. The van der Waals surface area contributed by atoms with Crippen molar-refractivity contribution in [3.63, 3.8) is 0 Å². The molecule has 0 spiro atoms. The van der Waals surface area contributed by atoms with Crippen LogP contribution in [-0.2, 0) is 19.9 Å². The second-order valence-electron chi connectivity index (χ2n) is 6.83. The predicted molar refractivity (Wildman–Crippen MR) is 93.0 cm³/mol. The van der Waals surface area contributed by atoms with E-state index in [-0.39, 0.29) is 24.2 Å². The fraction of sp³-hybridized carbons (Fsp3) is 0.556. The van der Waals surface area contributed by atoms with E-state index in [1.165, 1.54) is 19.1 Å². The molecule has 2 atom stereocenters. The van der Waals surface area contributed by atoms with Crippen LogP contribution in [0, 0.1) is 5.92 Å². The monoisotopic (exact) mass is 428 g/mol. The van der Waals surface area contributed by atoms with Crippen LogP contribution in [0.3, 0.4) is 0 Å². The minimum Gasteiger partial charge on any atom is -0.447 e. The SMILES string of the molecule is CC[C@](OC(=O)C(F)(F)F)(c1cccc(NC(=O)C(F)(F)F)c1)[C@H](C)CN(C)C. The Labute approximate surface area is 164 Å². The highest BCUT2D eigenvalue weighted by atomic mass is 19.4. The fourth-order valence-electron chi connectivity index (χ4n) is 3.05. The molecule has 1 aromatic carbocycles. The second kappa shape index (κ2) is 9.02. The zero-order valence-electron chi connectivity index (χ0n) is 16.2.